The normalized spacial score (nSPS) is 18.4. The molecule has 0 bridgehead atoms. The molecule has 174 valence electrons. The topological polar surface area (TPSA) is 134 Å². The van der Waals surface area contributed by atoms with Gasteiger partial charge in [0.2, 0.25) is 11.9 Å². The Labute approximate surface area is 178 Å². The molecule has 1 heterocycles. The fraction of sp³-hybridized carbons (Fsp3) is 0.818. The minimum absolute atomic E-state index is 0.0250. The van der Waals surface area contributed by atoms with Crippen LogP contribution in [0.4, 0.5) is 0 Å². The van der Waals surface area contributed by atoms with E-state index in [1.54, 1.807) is 0 Å². The van der Waals surface area contributed by atoms with E-state index in [0.717, 1.165) is 19.3 Å². The lowest BCUT2D eigenvalue weighted by Crippen LogP contribution is -2.50. The molecule has 8 nitrogen and oxygen atoms in total. The van der Waals surface area contributed by atoms with E-state index >= 15 is 0 Å². The van der Waals surface area contributed by atoms with Crippen LogP contribution in [0.25, 0.3) is 0 Å². The number of aliphatic hydroxyl groups is 4. The molecule has 2 atom stereocenters. The van der Waals surface area contributed by atoms with Crippen LogP contribution in [0.15, 0.2) is 11.5 Å². The highest BCUT2D eigenvalue weighted by molar-refractivity contribution is 5.89. The fourth-order valence-electron chi connectivity index (χ4n) is 3.46. The number of unbranched alkanes of at least 4 members (excludes halogenated alkanes) is 12. The van der Waals surface area contributed by atoms with Crippen molar-refractivity contribution in [1.82, 2.24) is 0 Å². The summed E-state index contributed by atoms with van der Waals surface area (Å²) in [5.74, 6) is -6.76. The Morgan fingerprint density at radius 1 is 0.933 bits per heavy atom. The van der Waals surface area contributed by atoms with Gasteiger partial charge in [-0.1, -0.05) is 84.0 Å². The third kappa shape index (κ3) is 8.92. The van der Waals surface area contributed by atoms with Crippen LogP contribution in [0.5, 0.6) is 0 Å². The van der Waals surface area contributed by atoms with E-state index in [-0.39, 0.29) is 6.42 Å². The smallest absolute Gasteiger partial charge is 0.378 e. The van der Waals surface area contributed by atoms with Crippen LogP contribution in [0, 0.1) is 0 Å². The first-order valence-electron chi connectivity index (χ1n) is 11.2. The van der Waals surface area contributed by atoms with Crippen LogP contribution in [0.1, 0.15) is 96.8 Å². The predicted octanol–water partition coefficient (Wildman–Crippen LogP) is 3.94. The van der Waals surface area contributed by atoms with Crippen molar-refractivity contribution in [3.8, 4) is 0 Å². The number of cyclic esters (lactones) is 1. The third-order valence-corrected chi connectivity index (χ3v) is 5.32. The number of carbonyl (C=O) groups excluding carboxylic acids is 2. The Morgan fingerprint density at radius 2 is 1.40 bits per heavy atom. The molecule has 0 aromatic rings. The molecular weight excluding hydrogens is 392 g/mol. The van der Waals surface area contributed by atoms with E-state index in [1.165, 1.54) is 57.8 Å². The number of carbonyl (C=O) groups is 2. The zero-order chi connectivity index (χ0) is 22.4. The molecule has 0 aliphatic carbocycles. The van der Waals surface area contributed by atoms with E-state index in [0.29, 0.717) is 6.42 Å². The van der Waals surface area contributed by atoms with Crippen LogP contribution in [-0.4, -0.2) is 50.9 Å². The van der Waals surface area contributed by atoms with Gasteiger partial charge in [0, 0.05) is 6.42 Å². The van der Waals surface area contributed by atoms with Crippen LogP contribution in [-0.2, 0) is 19.1 Å². The second-order valence-corrected chi connectivity index (χ2v) is 7.99. The lowest BCUT2D eigenvalue weighted by atomic mass is 10.0. The van der Waals surface area contributed by atoms with Crippen molar-refractivity contribution < 1.29 is 39.5 Å². The highest BCUT2D eigenvalue weighted by Crippen LogP contribution is 2.29. The first kappa shape index (κ1) is 26.2. The van der Waals surface area contributed by atoms with Crippen molar-refractivity contribution >= 4 is 11.9 Å². The van der Waals surface area contributed by atoms with Crippen LogP contribution in [0.3, 0.4) is 0 Å². The van der Waals surface area contributed by atoms with E-state index in [4.69, 9.17) is 4.74 Å². The molecule has 30 heavy (non-hydrogen) atoms. The lowest BCUT2D eigenvalue weighted by molar-refractivity contribution is -0.259. The second kappa shape index (κ2) is 14.2. The summed E-state index contributed by atoms with van der Waals surface area (Å²) in [5.41, 5.74) is 0. The monoisotopic (exact) mass is 430 g/mol. The highest BCUT2D eigenvalue weighted by Gasteiger charge is 2.51. The molecule has 2 unspecified atom stereocenters. The van der Waals surface area contributed by atoms with Gasteiger partial charge in [-0.2, -0.15) is 0 Å². The van der Waals surface area contributed by atoms with Crippen molar-refractivity contribution in [2.24, 2.45) is 0 Å². The summed E-state index contributed by atoms with van der Waals surface area (Å²) in [6, 6.07) is 0. The van der Waals surface area contributed by atoms with Crippen molar-refractivity contribution in [1.29, 1.82) is 0 Å². The summed E-state index contributed by atoms with van der Waals surface area (Å²) in [4.78, 5) is 23.2. The second-order valence-electron chi connectivity index (χ2n) is 7.99. The maximum Gasteiger partial charge on any atom is 0.378 e. The maximum absolute atomic E-state index is 12.0. The number of aliphatic hydroxyl groups excluding tert-OH is 3. The molecule has 0 amide bonds. The Hall–Kier alpha value is -1.80. The van der Waals surface area contributed by atoms with Gasteiger partial charge in [0.15, 0.2) is 5.76 Å². The van der Waals surface area contributed by atoms with Gasteiger partial charge in [-0.3, -0.25) is 4.79 Å². The first-order chi connectivity index (χ1) is 14.4. The van der Waals surface area contributed by atoms with Gasteiger partial charge in [-0.15, -0.1) is 0 Å². The number of ether oxygens (including phenoxy) is 2. The molecule has 0 radical (unpaired) electrons. The Kier molecular flexibility index (Phi) is 12.5. The summed E-state index contributed by atoms with van der Waals surface area (Å²) < 4.78 is 9.39. The maximum atomic E-state index is 12.0. The average Bonchev–Trinajstić information content (AvgIpc) is 2.99. The Balaban J connectivity index is 2.11. The molecule has 1 rings (SSSR count). The van der Waals surface area contributed by atoms with Crippen molar-refractivity contribution in [3.05, 3.63) is 11.5 Å². The minimum atomic E-state index is -2.64. The number of hydrogen-bond acceptors (Lipinski definition) is 8. The van der Waals surface area contributed by atoms with Gasteiger partial charge in [0.05, 0.1) is 0 Å². The van der Waals surface area contributed by atoms with Crippen molar-refractivity contribution in [2.45, 2.75) is 109 Å². The van der Waals surface area contributed by atoms with E-state index in [9.17, 15) is 30.0 Å². The zero-order valence-corrected chi connectivity index (χ0v) is 18.1. The predicted molar refractivity (Wildman–Crippen MR) is 111 cm³/mol. The molecule has 1 aliphatic heterocycles. The van der Waals surface area contributed by atoms with Crippen LogP contribution in [0.2, 0.25) is 0 Å². The molecular formula is C22H38O8. The quantitative estimate of drug-likeness (QED) is 0.155. The molecule has 0 saturated heterocycles. The number of rotatable bonds is 17. The zero-order valence-electron chi connectivity index (χ0n) is 18.1. The van der Waals surface area contributed by atoms with Crippen LogP contribution < -0.4 is 0 Å². The molecule has 0 aromatic carbocycles. The molecule has 0 saturated carbocycles. The number of esters is 2. The third-order valence-electron chi connectivity index (χ3n) is 5.32. The fourth-order valence-corrected chi connectivity index (χ4v) is 3.46. The largest absolute Gasteiger partial charge is 0.505 e. The summed E-state index contributed by atoms with van der Waals surface area (Å²) in [6.07, 6.45) is 13.3. The molecule has 8 heteroatoms. The van der Waals surface area contributed by atoms with Gasteiger partial charge in [-0.05, 0) is 6.42 Å². The SMILES string of the molecule is CCCCCCCCCCCCCCCC(=O)OC(O)(CO)C1OC(=O)C(O)=C1O. The van der Waals surface area contributed by atoms with E-state index < -0.39 is 42.0 Å². The number of hydrogen-bond donors (Lipinski definition) is 4. The summed E-state index contributed by atoms with van der Waals surface area (Å²) >= 11 is 0. The van der Waals surface area contributed by atoms with Gasteiger partial charge in [0.25, 0.3) is 5.79 Å². The standard InChI is InChI=1S/C22H38O8/c1-2-3-4-5-6-7-8-9-10-11-12-13-14-15-17(24)30-22(28,16-23)20-18(25)19(26)21(27)29-20/h20,23,25-26,28H,2-16H2,1H3. The van der Waals surface area contributed by atoms with Crippen LogP contribution >= 0.6 is 0 Å². The minimum Gasteiger partial charge on any atom is -0.505 e. The highest BCUT2D eigenvalue weighted by atomic mass is 16.7. The van der Waals surface area contributed by atoms with Gasteiger partial charge < -0.3 is 29.9 Å². The van der Waals surface area contributed by atoms with E-state index in [2.05, 4.69) is 11.7 Å². The van der Waals surface area contributed by atoms with Gasteiger partial charge in [-0.25, -0.2) is 4.79 Å². The molecule has 0 aromatic heterocycles. The van der Waals surface area contributed by atoms with Gasteiger partial charge in [0.1, 0.15) is 6.61 Å². The average molecular weight is 431 g/mol. The van der Waals surface area contributed by atoms with E-state index in [1.807, 2.05) is 0 Å². The Bertz CT molecular complexity index is 559. The first-order valence-corrected chi connectivity index (χ1v) is 11.2. The van der Waals surface area contributed by atoms with Crippen molar-refractivity contribution in [2.75, 3.05) is 6.61 Å². The molecule has 1 aliphatic rings. The molecule has 4 N–H and O–H groups in total. The van der Waals surface area contributed by atoms with Gasteiger partial charge >= 0.3 is 11.9 Å². The summed E-state index contributed by atoms with van der Waals surface area (Å²) in [7, 11) is 0. The summed E-state index contributed by atoms with van der Waals surface area (Å²) in [6.45, 7) is 1.12. The lowest BCUT2D eigenvalue weighted by Gasteiger charge is -2.29. The molecule has 0 spiro atoms. The molecule has 0 fully saturated rings. The van der Waals surface area contributed by atoms with Crippen molar-refractivity contribution in [3.63, 3.8) is 0 Å². The Morgan fingerprint density at radius 3 is 1.80 bits per heavy atom. The summed E-state index contributed by atoms with van der Waals surface area (Å²) in [5, 5.41) is 38.5.